The van der Waals surface area contributed by atoms with E-state index in [-0.39, 0.29) is 0 Å². The largest absolute Gasteiger partial charge is 0.456 e. The van der Waals surface area contributed by atoms with Gasteiger partial charge in [-0.3, -0.25) is 4.99 Å². The van der Waals surface area contributed by atoms with Crippen LogP contribution < -0.4 is 5.73 Å². The van der Waals surface area contributed by atoms with Gasteiger partial charge in [-0.25, -0.2) is 4.99 Å². The summed E-state index contributed by atoms with van der Waals surface area (Å²) in [7, 11) is 0. The average molecular weight is 645 g/mol. The Morgan fingerprint density at radius 3 is 2.08 bits per heavy atom. The molecule has 9 aromatic rings. The second-order valence-electron chi connectivity index (χ2n) is 12.4. The fraction of sp³-hybridized carbons (Fsp3) is 0.0222. The lowest BCUT2D eigenvalue weighted by molar-refractivity contribution is 0.668. The molecule has 2 heterocycles. The second kappa shape index (κ2) is 12.4. The van der Waals surface area contributed by atoms with Crippen molar-refractivity contribution in [2.75, 3.05) is 0 Å². The van der Waals surface area contributed by atoms with Crippen molar-refractivity contribution in [3.05, 3.63) is 187 Å². The minimum Gasteiger partial charge on any atom is -0.456 e. The maximum Gasteiger partial charge on any atom is 0.157 e. The van der Waals surface area contributed by atoms with Crippen molar-refractivity contribution in [2.24, 2.45) is 15.7 Å². The van der Waals surface area contributed by atoms with Crippen molar-refractivity contribution in [3.8, 4) is 16.8 Å². The Kier molecular flexibility index (Phi) is 7.29. The van der Waals surface area contributed by atoms with Crippen LogP contribution in [0.15, 0.2) is 184 Å². The number of para-hydroxylation sites is 1. The molecule has 0 aliphatic heterocycles. The third-order valence-electron chi connectivity index (χ3n) is 9.30. The topological polar surface area (TPSA) is 68.8 Å². The quantitative estimate of drug-likeness (QED) is 0.145. The highest BCUT2D eigenvalue weighted by Crippen LogP contribution is 2.40. The Bertz CT molecular complexity index is 2720. The number of nitrogens with two attached hydrogens (primary N) is 1. The molecule has 0 atom stereocenters. The van der Waals surface area contributed by atoms with E-state index in [1.807, 2.05) is 60.7 Å². The van der Waals surface area contributed by atoms with Crippen molar-refractivity contribution in [1.82, 2.24) is 4.57 Å². The number of benzene rings is 7. The van der Waals surface area contributed by atoms with E-state index in [0.29, 0.717) is 18.2 Å². The molecule has 2 aromatic heterocycles. The van der Waals surface area contributed by atoms with Gasteiger partial charge in [0.25, 0.3) is 0 Å². The molecule has 238 valence electrons. The number of aliphatic imine (C=N–C) groups is 2. The molecule has 0 aliphatic carbocycles. The standard InChI is InChI=1S/C45H32N4O/c46-44(32-17-8-3-9-18-32)48-45(47-29-30-13-4-1-5-14-30)34-23-25-36-42(28-34)50-41-22-12-21-40(43(36)41)49-38-20-11-10-19-35(38)37-27-33(24-26-39(37)49)31-15-6-2-7-16-31/h1-28H,29H2,(H2,46,47,48). The SMILES string of the molecule is NC(=NC(=NCc1ccccc1)c1ccc2c(c1)oc1cccc(-n3c4ccccc4c4cc(-c5ccccc5)ccc43)c12)c1ccccc1. The minimum absolute atomic E-state index is 0.409. The molecular formula is C45H32N4O. The fourth-order valence-corrected chi connectivity index (χ4v) is 6.90. The van der Waals surface area contributed by atoms with Crippen LogP contribution in [-0.4, -0.2) is 16.2 Å². The Hall–Kier alpha value is -6.72. The average Bonchev–Trinajstić information content (AvgIpc) is 3.72. The lowest BCUT2D eigenvalue weighted by atomic mass is 10.0. The van der Waals surface area contributed by atoms with E-state index < -0.39 is 0 Å². The molecular weight excluding hydrogens is 613 g/mol. The van der Waals surface area contributed by atoms with Crippen LogP contribution in [0.4, 0.5) is 0 Å². The van der Waals surface area contributed by atoms with Crippen LogP contribution in [0.1, 0.15) is 16.7 Å². The Balaban J connectivity index is 1.20. The summed E-state index contributed by atoms with van der Waals surface area (Å²) in [5.74, 6) is 0.959. The number of aromatic nitrogens is 1. The van der Waals surface area contributed by atoms with Crippen LogP contribution >= 0.6 is 0 Å². The Morgan fingerprint density at radius 1 is 0.540 bits per heavy atom. The molecule has 5 heteroatoms. The molecule has 0 fully saturated rings. The lowest BCUT2D eigenvalue weighted by Crippen LogP contribution is -2.16. The van der Waals surface area contributed by atoms with Gasteiger partial charge in [0.05, 0.1) is 28.7 Å². The molecule has 0 spiro atoms. The molecule has 7 aromatic carbocycles. The number of hydrogen-bond donors (Lipinski definition) is 1. The number of furan rings is 1. The number of nitrogens with zero attached hydrogens (tertiary/aromatic N) is 3. The number of fused-ring (bicyclic) bond motifs is 6. The summed E-state index contributed by atoms with van der Waals surface area (Å²) in [5, 5.41) is 4.50. The van der Waals surface area contributed by atoms with E-state index in [9.17, 15) is 0 Å². The van der Waals surface area contributed by atoms with Gasteiger partial charge in [0, 0.05) is 27.3 Å². The summed E-state index contributed by atoms with van der Waals surface area (Å²) in [6.07, 6.45) is 0. The fourth-order valence-electron chi connectivity index (χ4n) is 6.90. The minimum atomic E-state index is 0.409. The van der Waals surface area contributed by atoms with Gasteiger partial charge in [-0.2, -0.15) is 0 Å². The molecule has 50 heavy (non-hydrogen) atoms. The molecule has 0 amide bonds. The van der Waals surface area contributed by atoms with Gasteiger partial charge in [-0.1, -0.05) is 127 Å². The van der Waals surface area contributed by atoms with Gasteiger partial charge in [-0.15, -0.1) is 0 Å². The van der Waals surface area contributed by atoms with E-state index in [0.717, 1.165) is 55.3 Å². The zero-order valence-electron chi connectivity index (χ0n) is 27.2. The predicted octanol–water partition coefficient (Wildman–Crippen LogP) is 10.7. The second-order valence-corrected chi connectivity index (χ2v) is 12.4. The van der Waals surface area contributed by atoms with Crippen LogP contribution in [0.25, 0.3) is 60.6 Å². The van der Waals surface area contributed by atoms with Gasteiger partial charge < -0.3 is 14.7 Å². The highest BCUT2D eigenvalue weighted by atomic mass is 16.3. The summed E-state index contributed by atoms with van der Waals surface area (Å²) < 4.78 is 8.95. The monoisotopic (exact) mass is 644 g/mol. The maximum absolute atomic E-state index is 6.59. The number of hydrogen-bond acceptors (Lipinski definition) is 2. The van der Waals surface area contributed by atoms with Crippen molar-refractivity contribution in [1.29, 1.82) is 0 Å². The zero-order chi connectivity index (χ0) is 33.4. The molecule has 0 aliphatic rings. The summed E-state index contributed by atoms with van der Waals surface area (Å²) >= 11 is 0. The highest BCUT2D eigenvalue weighted by molar-refractivity contribution is 6.17. The molecule has 5 nitrogen and oxygen atoms in total. The summed E-state index contributed by atoms with van der Waals surface area (Å²) in [5.41, 5.74) is 16.6. The first-order valence-electron chi connectivity index (χ1n) is 16.7. The first-order chi connectivity index (χ1) is 24.7. The van der Waals surface area contributed by atoms with E-state index in [1.54, 1.807) is 0 Å². The third kappa shape index (κ3) is 5.22. The van der Waals surface area contributed by atoms with Crippen molar-refractivity contribution in [3.63, 3.8) is 0 Å². The van der Waals surface area contributed by atoms with Crippen molar-refractivity contribution in [2.45, 2.75) is 6.54 Å². The smallest absolute Gasteiger partial charge is 0.157 e. The van der Waals surface area contributed by atoms with Gasteiger partial charge in [0.15, 0.2) is 5.84 Å². The first kappa shape index (κ1) is 29.4. The Morgan fingerprint density at radius 2 is 1.26 bits per heavy atom. The van der Waals surface area contributed by atoms with Crippen LogP contribution in [0.3, 0.4) is 0 Å². The van der Waals surface area contributed by atoms with Gasteiger partial charge in [-0.05, 0) is 59.2 Å². The first-order valence-corrected chi connectivity index (χ1v) is 16.7. The van der Waals surface area contributed by atoms with Gasteiger partial charge in [0.2, 0.25) is 0 Å². The molecule has 9 rings (SSSR count). The van der Waals surface area contributed by atoms with E-state index in [4.69, 9.17) is 20.1 Å². The molecule has 2 N–H and O–H groups in total. The zero-order valence-corrected chi connectivity index (χ0v) is 27.2. The maximum atomic E-state index is 6.59. The number of rotatable bonds is 6. The van der Waals surface area contributed by atoms with Crippen LogP contribution in [-0.2, 0) is 6.54 Å². The predicted molar refractivity (Wildman–Crippen MR) is 207 cm³/mol. The van der Waals surface area contributed by atoms with Crippen molar-refractivity contribution >= 4 is 55.4 Å². The number of amidine groups is 2. The van der Waals surface area contributed by atoms with E-state index in [2.05, 4.69) is 114 Å². The summed E-state index contributed by atoms with van der Waals surface area (Å²) in [6.45, 7) is 0.476. The molecule has 0 radical (unpaired) electrons. The Labute approximate surface area is 289 Å². The summed E-state index contributed by atoms with van der Waals surface area (Å²) in [6, 6.07) is 58.4. The van der Waals surface area contributed by atoms with Crippen LogP contribution in [0.2, 0.25) is 0 Å². The third-order valence-corrected chi connectivity index (χ3v) is 9.30. The highest BCUT2D eigenvalue weighted by Gasteiger charge is 2.19. The normalized spacial score (nSPS) is 12.4. The summed E-state index contributed by atoms with van der Waals surface area (Å²) in [4.78, 5) is 9.80. The van der Waals surface area contributed by atoms with E-state index in [1.165, 1.54) is 21.9 Å². The molecule has 0 saturated carbocycles. The van der Waals surface area contributed by atoms with Gasteiger partial charge >= 0.3 is 0 Å². The van der Waals surface area contributed by atoms with E-state index >= 15 is 0 Å². The van der Waals surface area contributed by atoms with Gasteiger partial charge in [0.1, 0.15) is 17.0 Å². The molecule has 0 bridgehead atoms. The molecule has 0 saturated heterocycles. The molecule has 0 unspecified atom stereocenters. The lowest BCUT2D eigenvalue weighted by Gasteiger charge is -2.10. The van der Waals surface area contributed by atoms with Crippen LogP contribution in [0, 0.1) is 0 Å². The van der Waals surface area contributed by atoms with Crippen LogP contribution in [0.5, 0.6) is 0 Å². The van der Waals surface area contributed by atoms with Crippen molar-refractivity contribution < 1.29 is 4.42 Å².